The van der Waals surface area contributed by atoms with Crippen LogP contribution in [0.2, 0.25) is 5.02 Å². The molecule has 0 heterocycles. The standard InChI is InChI=1S/C14H8ClFN2O3/c15-11-2-1-9(7-17)14(6-11)21-8-10-5-12(16)3-4-13(10)18(19)20/h1-6H,8H2. The van der Waals surface area contributed by atoms with Gasteiger partial charge in [-0.3, -0.25) is 10.1 Å². The first-order chi connectivity index (χ1) is 10.0. The van der Waals surface area contributed by atoms with Gasteiger partial charge in [0, 0.05) is 17.2 Å². The summed E-state index contributed by atoms with van der Waals surface area (Å²) in [5.41, 5.74) is 0.0549. The minimum absolute atomic E-state index is 0.0730. The minimum Gasteiger partial charge on any atom is -0.487 e. The number of ether oxygens (including phenoxy) is 1. The monoisotopic (exact) mass is 306 g/mol. The van der Waals surface area contributed by atoms with Crippen molar-refractivity contribution in [2.45, 2.75) is 6.61 Å². The van der Waals surface area contributed by atoms with Crippen molar-refractivity contribution in [3.05, 3.63) is 68.5 Å². The Morgan fingerprint density at radius 1 is 1.33 bits per heavy atom. The molecule has 0 aliphatic rings. The van der Waals surface area contributed by atoms with Gasteiger partial charge < -0.3 is 4.74 Å². The number of nitro groups is 1. The molecule has 0 atom stereocenters. The third kappa shape index (κ3) is 3.46. The molecule has 5 nitrogen and oxygen atoms in total. The van der Waals surface area contributed by atoms with Crippen molar-refractivity contribution in [1.82, 2.24) is 0 Å². The average Bonchev–Trinajstić information content (AvgIpc) is 2.45. The van der Waals surface area contributed by atoms with Crippen LogP contribution in [0.1, 0.15) is 11.1 Å². The normalized spacial score (nSPS) is 9.95. The lowest BCUT2D eigenvalue weighted by Crippen LogP contribution is -2.02. The first kappa shape index (κ1) is 14.8. The lowest BCUT2D eigenvalue weighted by atomic mass is 10.2. The maximum atomic E-state index is 13.2. The fourth-order valence-corrected chi connectivity index (χ4v) is 1.87. The Kier molecular flexibility index (Phi) is 4.36. The molecule has 0 saturated carbocycles. The molecule has 2 aromatic rings. The molecule has 0 spiro atoms. The molecule has 0 bridgehead atoms. The van der Waals surface area contributed by atoms with Crippen LogP contribution in [0.4, 0.5) is 10.1 Å². The van der Waals surface area contributed by atoms with Crippen LogP contribution in [0.3, 0.4) is 0 Å². The maximum absolute atomic E-state index is 13.2. The zero-order valence-corrected chi connectivity index (χ0v) is 11.3. The van der Waals surface area contributed by atoms with Crippen molar-refractivity contribution in [2.24, 2.45) is 0 Å². The Morgan fingerprint density at radius 3 is 2.76 bits per heavy atom. The molecule has 2 aromatic carbocycles. The van der Waals surface area contributed by atoms with E-state index in [2.05, 4.69) is 0 Å². The molecule has 7 heteroatoms. The predicted octanol–water partition coefficient (Wildman–Crippen LogP) is 3.84. The number of benzene rings is 2. The summed E-state index contributed by atoms with van der Waals surface area (Å²) in [4.78, 5) is 10.3. The summed E-state index contributed by atoms with van der Waals surface area (Å²) in [7, 11) is 0. The molecule has 0 amide bonds. The Labute approximate surface area is 124 Å². The van der Waals surface area contributed by atoms with Crippen LogP contribution >= 0.6 is 11.6 Å². The molecule has 0 fully saturated rings. The smallest absolute Gasteiger partial charge is 0.276 e. The zero-order chi connectivity index (χ0) is 15.4. The summed E-state index contributed by atoms with van der Waals surface area (Å²) >= 11 is 5.80. The van der Waals surface area contributed by atoms with E-state index in [4.69, 9.17) is 21.6 Å². The lowest BCUT2D eigenvalue weighted by Gasteiger charge is -2.09. The van der Waals surface area contributed by atoms with Gasteiger partial charge in [0.25, 0.3) is 5.69 Å². The third-order valence-electron chi connectivity index (χ3n) is 2.69. The summed E-state index contributed by atoms with van der Waals surface area (Å²) in [5, 5.41) is 20.2. The lowest BCUT2D eigenvalue weighted by molar-refractivity contribution is -0.385. The van der Waals surface area contributed by atoms with Gasteiger partial charge in [0.15, 0.2) is 0 Å². The van der Waals surface area contributed by atoms with Gasteiger partial charge in [-0.25, -0.2) is 4.39 Å². The Balaban J connectivity index is 2.29. The second-order valence-electron chi connectivity index (χ2n) is 4.07. The van der Waals surface area contributed by atoms with E-state index in [9.17, 15) is 14.5 Å². The van der Waals surface area contributed by atoms with Crippen molar-refractivity contribution >= 4 is 17.3 Å². The fraction of sp³-hybridized carbons (Fsp3) is 0.0714. The highest BCUT2D eigenvalue weighted by Gasteiger charge is 2.15. The second-order valence-corrected chi connectivity index (χ2v) is 4.51. The summed E-state index contributed by atoms with van der Waals surface area (Å²) in [6.45, 7) is -0.247. The molecule has 0 N–H and O–H groups in total. The predicted molar refractivity (Wildman–Crippen MR) is 73.6 cm³/mol. The molecule has 0 radical (unpaired) electrons. The van der Waals surface area contributed by atoms with E-state index in [1.165, 1.54) is 18.2 Å². The molecular formula is C14H8ClFN2O3. The van der Waals surface area contributed by atoms with Gasteiger partial charge in [-0.2, -0.15) is 5.26 Å². The van der Waals surface area contributed by atoms with Crippen LogP contribution in [0.5, 0.6) is 5.75 Å². The summed E-state index contributed by atoms with van der Waals surface area (Å²) in [5.74, 6) is -0.422. The van der Waals surface area contributed by atoms with Crippen LogP contribution in [0, 0.1) is 27.3 Å². The van der Waals surface area contributed by atoms with Crippen molar-refractivity contribution in [1.29, 1.82) is 5.26 Å². The molecule has 0 aromatic heterocycles. The molecule has 0 aliphatic carbocycles. The molecule has 0 saturated heterocycles. The van der Waals surface area contributed by atoms with Gasteiger partial charge in [-0.15, -0.1) is 0 Å². The van der Waals surface area contributed by atoms with Gasteiger partial charge in [-0.1, -0.05) is 11.6 Å². The highest BCUT2D eigenvalue weighted by atomic mass is 35.5. The minimum atomic E-state index is -0.624. The van der Waals surface area contributed by atoms with Crippen LogP contribution < -0.4 is 4.74 Å². The number of hydrogen-bond donors (Lipinski definition) is 0. The molecule has 21 heavy (non-hydrogen) atoms. The van der Waals surface area contributed by atoms with E-state index in [1.807, 2.05) is 6.07 Å². The van der Waals surface area contributed by atoms with Crippen LogP contribution in [0.25, 0.3) is 0 Å². The zero-order valence-electron chi connectivity index (χ0n) is 10.5. The number of rotatable bonds is 4. The average molecular weight is 307 g/mol. The van der Waals surface area contributed by atoms with E-state index in [0.717, 1.165) is 18.2 Å². The summed E-state index contributed by atoms with van der Waals surface area (Å²) < 4.78 is 18.6. The highest BCUT2D eigenvalue weighted by molar-refractivity contribution is 6.30. The topological polar surface area (TPSA) is 76.2 Å². The molecule has 106 valence electrons. The number of nitrogens with zero attached hydrogens (tertiary/aromatic N) is 2. The quantitative estimate of drug-likeness (QED) is 0.635. The molecule has 0 unspecified atom stereocenters. The van der Waals surface area contributed by atoms with Gasteiger partial charge in [0.05, 0.1) is 16.1 Å². The van der Waals surface area contributed by atoms with E-state index >= 15 is 0 Å². The van der Waals surface area contributed by atoms with Gasteiger partial charge >= 0.3 is 0 Å². The van der Waals surface area contributed by atoms with Crippen LogP contribution in [-0.2, 0) is 6.61 Å². The number of nitro benzene ring substituents is 1. The number of nitriles is 1. The van der Waals surface area contributed by atoms with Gasteiger partial charge in [0.2, 0.25) is 0 Å². The van der Waals surface area contributed by atoms with E-state index < -0.39 is 10.7 Å². The van der Waals surface area contributed by atoms with Crippen molar-refractivity contribution in [3.63, 3.8) is 0 Å². The Bertz CT molecular complexity index is 743. The van der Waals surface area contributed by atoms with E-state index in [1.54, 1.807) is 0 Å². The SMILES string of the molecule is N#Cc1ccc(Cl)cc1OCc1cc(F)ccc1[N+](=O)[O-]. The Morgan fingerprint density at radius 2 is 2.10 bits per heavy atom. The van der Waals surface area contributed by atoms with Crippen molar-refractivity contribution < 1.29 is 14.1 Å². The van der Waals surface area contributed by atoms with Crippen molar-refractivity contribution in [2.75, 3.05) is 0 Å². The molecule has 2 rings (SSSR count). The second kappa shape index (κ2) is 6.20. The highest BCUT2D eigenvalue weighted by Crippen LogP contribution is 2.26. The van der Waals surface area contributed by atoms with E-state index in [0.29, 0.717) is 5.02 Å². The maximum Gasteiger partial charge on any atom is 0.276 e. The first-order valence-corrected chi connectivity index (χ1v) is 6.14. The molecule has 0 aliphatic heterocycles. The van der Waals surface area contributed by atoms with Crippen LogP contribution in [-0.4, -0.2) is 4.92 Å². The van der Waals surface area contributed by atoms with Crippen molar-refractivity contribution in [3.8, 4) is 11.8 Å². The number of hydrogen-bond acceptors (Lipinski definition) is 4. The van der Waals surface area contributed by atoms with Crippen LogP contribution in [0.15, 0.2) is 36.4 Å². The summed E-state index contributed by atoms with van der Waals surface area (Å²) in [6, 6.07) is 9.42. The molecular weight excluding hydrogens is 299 g/mol. The first-order valence-electron chi connectivity index (χ1n) is 5.76. The fourth-order valence-electron chi connectivity index (χ4n) is 1.71. The van der Waals surface area contributed by atoms with E-state index in [-0.39, 0.29) is 29.2 Å². The van der Waals surface area contributed by atoms with Gasteiger partial charge in [-0.05, 0) is 24.3 Å². The Hall–Kier alpha value is -2.65. The number of halogens is 2. The third-order valence-corrected chi connectivity index (χ3v) is 2.92. The summed E-state index contributed by atoms with van der Waals surface area (Å²) in [6.07, 6.45) is 0. The largest absolute Gasteiger partial charge is 0.487 e. The van der Waals surface area contributed by atoms with Gasteiger partial charge in [0.1, 0.15) is 24.2 Å².